The van der Waals surface area contributed by atoms with E-state index in [1.165, 1.54) is 5.56 Å². The first-order valence-corrected chi connectivity index (χ1v) is 6.21. The Labute approximate surface area is 110 Å². The Morgan fingerprint density at radius 3 is 2.72 bits per heavy atom. The van der Waals surface area contributed by atoms with E-state index in [1.807, 2.05) is 45.0 Å². The van der Waals surface area contributed by atoms with Gasteiger partial charge in [-0.1, -0.05) is 42.0 Å². The van der Waals surface area contributed by atoms with Crippen LogP contribution in [0.2, 0.25) is 0 Å². The van der Waals surface area contributed by atoms with Gasteiger partial charge in [-0.05, 0) is 32.4 Å². The molecule has 0 atom stereocenters. The van der Waals surface area contributed by atoms with Gasteiger partial charge in [0.05, 0.1) is 0 Å². The molecule has 0 aliphatic carbocycles. The number of carbonyl (C=O) groups is 1. The van der Waals surface area contributed by atoms with E-state index < -0.39 is 0 Å². The predicted octanol–water partition coefficient (Wildman–Crippen LogP) is 3.43. The van der Waals surface area contributed by atoms with Crippen LogP contribution in [-0.2, 0) is 4.79 Å². The summed E-state index contributed by atoms with van der Waals surface area (Å²) in [6, 6.07) is 8.08. The van der Waals surface area contributed by atoms with Crippen LogP contribution >= 0.6 is 0 Å². The van der Waals surface area contributed by atoms with Gasteiger partial charge in [0, 0.05) is 19.2 Å². The lowest BCUT2D eigenvalue weighted by molar-refractivity contribution is -0.125. The molecule has 0 radical (unpaired) electrons. The van der Waals surface area contributed by atoms with Crippen molar-refractivity contribution in [3.05, 3.63) is 53.6 Å². The Bertz CT molecular complexity index is 460. The fourth-order valence-corrected chi connectivity index (χ4v) is 1.72. The molecule has 0 aliphatic rings. The van der Waals surface area contributed by atoms with Gasteiger partial charge in [0.1, 0.15) is 0 Å². The van der Waals surface area contributed by atoms with Gasteiger partial charge in [0.15, 0.2) is 0 Å². The van der Waals surface area contributed by atoms with Crippen molar-refractivity contribution < 1.29 is 4.79 Å². The highest BCUT2D eigenvalue weighted by Gasteiger charge is 2.07. The molecule has 0 saturated heterocycles. The lowest BCUT2D eigenvalue weighted by atomic mass is 10.1. The highest BCUT2D eigenvalue weighted by molar-refractivity contribution is 5.91. The second-order valence-corrected chi connectivity index (χ2v) is 4.56. The normalized spacial score (nSPS) is 10.6. The minimum atomic E-state index is 0.0296. The summed E-state index contributed by atoms with van der Waals surface area (Å²) in [6.45, 7) is 11.1. The van der Waals surface area contributed by atoms with Crippen LogP contribution in [0.15, 0.2) is 42.5 Å². The van der Waals surface area contributed by atoms with Gasteiger partial charge in [-0.25, -0.2) is 0 Å². The first kappa shape index (κ1) is 14.2. The van der Waals surface area contributed by atoms with Gasteiger partial charge >= 0.3 is 0 Å². The molecule has 0 heterocycles. The van der Waals surface area contributed by atoms with Crippen LogP contribution in [0.1, 0.15) is 25.0 Å². The van der Waals surface area contributed by atoms with Crippen LogP contribution in [0.3, 0.4) is 0 Å². The number of rotatable bonds is 5. The maximum atomic E-state index is 12.0. The summed E-state index contributed by atoms with van der Waals surface area (Å²) in [4.78, 5) is 13.7. The smallest absolute Gasteiger partial charge is 0.246 e. The fourth-order valence-electron chi connectivity index (χ4n) is 1.72. The average Bonchev–Trinajstić information content (AvgIpc) is 2.33. The van der Waals surface area contributed by atoms with E-state index in [1.54, 1.807) is 11.0 Å². The fraction of sp³-hybridized carbons (Fsp3) is 0.312. The zero-order valence-electron chi connectivity index (χ0n) is 11.4. The Kier molecular flexibility index (Phi) is 5.37. The van der Waals surface area contributed by atoms with Crippen molar-refractivity contribution in [1.82, 2.24) is 4.90 Å². The topological polar surface area (TPSA) is 20.3 Å². The van der Waals surface area contributed by atoms with Crippen molar-refractivity contribution in [3.8, 4) is 0 Å². The van der Waals surface area contributed by atoms with Crippen LogP contribution in [0.5, 0.6) is 0 Å². The third-order valence-electron chi connectivity index (χ3n) is 2.61. The second kappa shape index (κ2) is 6.80. The molecule has 0 spiro atoms. The van der Waals surface area contributed by atoms with Crippen LogP contribution < -0.4 is 0 Å². The maximum absolute atomic E-state index is 12.0. The molecular weight excluding hydrogens is 222 g/mol. The molecule has 2 heteroatoms. The summed E-state index contributed by atoms with van der Waals surface area (Å²) < 4.78 is 0. The van der Waals surface area contributed by atoms with E-state index in [0.717, 1.165) is 11.1 Å². The van der Waals surface area contributed by atoms with Gasteiger partial charge in [0.25, 0.3) is 0 Å². The van der Waals surface area contributed by atoms with Gasteiger partial charge in [-0.15, -0.1) is 0 Å². The predicted molar refractivity (Wildman–Crippen MR) is 77.3 cm³/mol. The van der Waals surface area contributed by atoms with Gasteiger partial charge in [0.2, 0.25) is 5.91 Å². The van der Waals surface area contributed by atoms with E-state index in [0.29, 0.717) is 13.1 Å². The molecule has 0 saturated carbocycles. The molecule has 0 unspecified atom stereocenters. The zero-order chi connectivity index (χ0) is 13.5. The average molecular weight is 243 g/mol. The van der Waals surface area contributed by atoms with Gasteiger partial charge in [-0.2, -0.15) is 0 Å². The first-order valence-electron chi connectivity index (χ1n) is 6.21. The zero-order valence-corrected chi connectivity index (χ0v) is 11.4. The molecule has 96 valence electrons. The van der Waals surface area contributed by atoms with Crippen LogP contribution in [-0.4, -0.2) is 23.9 Å². The summed E-state index contributed by atoms with van der Waals surface area (Å²) in [6.07, 6.45) is 3.48. The molecule has 1 amide bonds. The largest absolute Gasteiger partial charge is 0.335 e. The van der Waals surface area contributed by atoms with Gasteiger partial charge in [-0.3, -0.25) is 4.79 Å². The van der Waals surface area contributed by atoms with E-state index in [4.69, 9.17) is 0 Å². The monoisotopic (exact) mass is 243 g/mol. The molecule has 1 rings (SSSR count). The Morgan fingerprint density at radius 1 is 1.44 bits per heavy atom. The number of carbonyl (C=O) groups excluding carboxylic acids is 1. The summed E-state index contributed by atoms with van der Waals surface area (Å²) in [5.74, 6) is 0.0296. The van der Waals surface area contributed by atoms with E-state index in [2.05, 4.69) is 12.6 Å². The lowest BCUT2D eigenvalue weighted by Crippen LogP contribution is -2.30. The standard InChI is InChI=1S/C16H21NO/c1-5-17(12-13(2)3)16(18)10-9-15-8-6-7-14(4)11-15/h6-11H,2,5,12H2,1,3-4H3/b10-9+. The molecule has 0 fully saturated rings. The number of benzene rings is 1. The number of likely N-dealkylation sites (N-methyl/N-ethyl adjacent to an activating group) is 1. The Balaban J connectivity index is 2.71. The SMILES string of the molecule is C=C(C)CN(CC)C(=O)/C=C/c1cccc(C)c1. The van der Waals surface area contributed by atoms with Crippen LogP contribution in [0.4, 0.5) is 0 Å². The van der Waals surface area contributed by atoms with Crippen LogP contribution in [0, 0.1) is 6.92 Å². The number of aryl methyl sites for hydroxylation is 1. The molecule has 0 bridgehead atoms. The van der Waals surface area contributed by atoms with Crippen molar-refractivity contribution in [2.45, 2.75) is 20.8 Å². The summed E-state index contributed by atoms with van der Waals surface area (Å²) >= 11 is 0. The second-order valence-electron chi connectivity index (χ2n) is 4.56. The molecule has 0 N–H and O–H groups in total. The highest BCUT2D eigenvalue weighted by atomic mass is 16.2. The van der Waals surface area contributed by atoms with Crippen molar-refractivity contribution in [3.63, 3.8) is 0 Å². The summed E-state index contributed by atoms with van der Waals surface area (Å²) in [5.41, 5.74) is 3.24. The van der Waals surface area contributed by atoms with Crippen molar-refractivity contribution in [2.75, 3.05) is 13.1 Å². The third-order valence-corrected chi connectivity index (χ3v) is 2.61. The number of hydrogen-bond donors (Lipinski definition) is 0. The van der Waals surface area contributed by atoms with E-state index in [9.17, 15) is 4.79 Å². The molecule has 1 aromatic carbocycles. The number of hydrogen-bond acceptors (Lipinski definition) is 1. The Hall–Kier alpha value is -1.83. The molecule has 2 nitrogen and oxygen atoms in total. The third kappa shape index (κ3) is 4.58. The molecule has 0 aromatic heterocycles. The van der Waals surface area contributed by atoms with Crippen molar-refractivity contribution in [1.29, 1.82) is 0 Å². The summed E-state index contributed by atoms with van der Waals surface area (Å²) in [7, 11) is 0. The molecule has 0 aliphatic heterocycles. The quantitative estimate of drug-likeness (QED) is 0.573. The van der Waals surface area contributed by atoms with E-state index >= 15 is 0 Å². The lowest BCUT2D eigenvalue weighted by Gasteiger charge is -2.18. The van der Waals surface area contributed by atoms with Crippen molar-refractivity contribution >= 4 is 12.0 Å². The summed E-state index contributed by atoms with van der Waals surface area (Å²) in [5, 5.41) is 0. The molecule has 1 aromatic rings. The van der Waals surface area contributed by atoms with Gasteiger partial charge < -0.3 is 4.90 Å². The van der Waals surface area contributed by atoms with Crippen molar-refractivity contribution in [2.24, 2.45) is 0 Å². The highest BCUT2D eigenvalue weighted by Crippen LogP contribution is 2.06. The number of nitrogens with zero attached hydrogens (tertiary/aromatic N) is 1. The first-order chi connectivity index (χ1) is 8.52. The molecular formula is C16H21NO. The van der Waals surface area contributed by atoms with E-state index in [-0.39, 0.29) is 5.91 Å². The van der Waals surface area contributed by atoms with Crippen LogP contribution in [0.25, 0.3) is 6.08 Å². The molecule has 18 heavy (non-hydrogen) atoms. The maximum Gasteiger partial charge on any atom is 0.246 e. The Morgan fingerprint density at radius 2 is 2.17 bits per heavy atom. The minimum absolute atomic E-state index is 0.0296. The minimum Gasteiger partial charge on any atom is -0.335 e. The number of amides is 1.